The Kier molecular flexibility index (Phi) is 28.3. The van der Waals surface area contributed by atoms with Gasteiger partial charge >= 0.3 is 0 Å². The molecule has 0 saturated carbocycles. The Morgan fingerprint density at radius 3 is 1.87 bits per heavy atom. The predicted octanol–water partition coefficient (Wildman–Crippen LogP) is 8.23. The van der Waals surface area contributed by atoms with Crippen LogP contribution in [-0.2, 0) is 26.1 Å². The standard InChI is InChI=1S/C13H18N2O2.C11H16N2O.C10H17N3O.C6H12N2O.3C2H6/c1-10-7-13(9-14-8-10)17-12-3-5-15(6-4-12)11(2)16;1-8-5-11(12-6-9(8)2)13-10-3-4-14-7-10;1-8-7-10(12-13(8)2)11-9-3-5-14-6-4-9;1-5(7)8-6-2-3-9-4-6;3*1-2/h7-9,12H,3-6H2,1-2H3;5-6,10H,3-4,7H2,1-2H3,(H,12,13);7,9H,3-6H2,1-2H3,(H,11,12);6H,2-4H2,1H3,(H2,7,8);3*1-2H3. The quantitative estimate of drug-likeness (QED) is 0.155. The first-order valence-electron chi connectivity index (χ1n) is 22.3. The molecule has 340 valence electrons. The molecule has 2 unspecified atom stereocenters. The summed E-state index contributed by atoms with van der Waals surface area (Å²) in [7, 11) is 1.96. The molecule has 0 aliphatic carbocycles. The van der Waals surface area contributed by atoms with E-state index in [9.17, 15) is 4.79 Å². The minimum Gasteiger partial charge on any atom is -0.489 e. The van der Waals surface area contributed by atoms with Crippen LogP contribution in [0.3, 0.4) is 0 Å². The van der Waals surface area contributed by atoms with Crippen molar-refractivity contribution in [3.8, 4) is 5.75 Å². The number of ether oxygens (including phenoxy) is 4. The number of nitrogens with two attached hydrogens (primary N) is 1. The van der Waals surface area contributed by atoms with Crippen molar-refractivity contribution in [1.29, 1.82) is 0 Å². The molecule has 7 heterocycles. The number of pyridine rings is 2. The van der Waals surface area contributed by atoms with E-state index in [1.807, 2.05) is 83.6 Å². The molecule has 7 rings (SSSR count). The van der Waals surface area contributed by atoms with Crippen LogP contribution in [0.4, 0.5) is 11.6 Å². The highest BCUT2D eigenvalue weighted by atomic mass is 16.5. The number of rotatable bonds is 7. The van der Waals surface area contributed by atoms with E-state index in [1.54, 1.807) is 20.0 Å². The van der Waals surface area contributed by atoms with Gasteiger partial charge in [-0.15, -0.1) is 0 Å². The number of carbonyl (C=O) groups is 1. The van der Waals surface area contributed by atoms with Gasteiger partial charge in [-0.05, 0) is 89.1 Å². The molecule has 14 nitrogen and oxygen atoms in total. The predicted molar refractivity (Wildman–Crippen MR) is 247 cm³/mol. The summed E-state index contributed by atoms with van der Waals surface area (Å²) in [5.74, 6) is 3.58. The number of hydrogen-bond donors (Lipinski definition) is 3. The molecule has 4 fully saturated rings. The molecular weight excluding hydrogens is 759 g/mol. The Balaban J connectivity index is 0.000000390. The number of hydrogen-bond acceptors (Lipinski definition) is 11. The number of amidine groups is 1. The molecule has 4 aliphatic rings. The normalized spacial score (nSPS) is 18.7. The molecule has 2 atom stereocenters. The topological polar surface area (TPSA) is 163 Å². The second-order valence-electron chi connectivity index (χ2n) is 14.5. The Morgan fingerprint density at radius 2 is 1.35 bits per heavy atom. The number of aromatic nitrogens is 4. The molecule has 4 N–H and O–H groups in total. The molecule has 0 aromatic carbocycles. The van der Waals surface area contributed by atoms with E-state index in [1.165, 1.54) is 16.8 Å². The van der Waals surface area contributed by atoms with Crippen LogP contribution in [0.25, 0.3) is 0 Å². The Hall–Kier alpha value is -4.27. The third-order valence-corrected chi connectivity index (χ3v) is 9.67. The van der Waals surface area contributed by atoms with E-state index in [-0.39, 0.29) is 12.0 Å². The maximum Gasteiger partial charge on any atom is 0.219 e. The number of aliphatic imine (C=N–C) groups is 1. The number of aryl methyl sites for hydroxylation is 5. The van der Waals surface area contributed by atoms with E-state index in [0.29, 0.717) is 24.0 Å². The van der Waals surface area contributed by atoms with E-state index in [4.69, 9.17) is 24.7 Å². The van der Waals surface area contributed by atoms with Crippen LogP contribution >= 0.6 is 0 Å². The van der Waals surface area contributed by atoms with E-state index in [2.05, 4.69) is 63.6 Å². The fourth-order valence-electron chi connectivity index (χ4n) is 6.23. The van der Waals surface area contributed by atoms with Gasteiger partial charge in [-0.1, -0.05) is 41.5 Å². The summed E-state index contributed by atoms with van der Waals surface area (Å²) in [6, 6.07) is 7.45. The van der Waals surface area contributed by atoms with Crippen molar-refractivity contribution >= 4 is 23.4 Å². The third kappa shape index (κ3) is 21.8. The number of piperidine rings is 1. The summed E-state index contributed by atoms with van der Waals surface area (Å²) in [5.41, 5.74) is 10.2. The average Bonchev–Trinajstić information content (AvgIpc) is 4.04. The molecule has 3 aromatic rings. The molecule has 0 spiro atoms. The lowest BCUT2D eigenvalue weighted by Crippen LogP contribution is -2.40. The Morgan fingerprint density at radius 1 is 0.750 bits per heavy atom. The summed E-state index contributed by atoms with van der Waals surface area (Å²) in [6.07, 6.45) is 11.7. The average molecular weight is 840 g/mol. The molecule has 3 aromatic heterocycles. The highest BCUT2D eigenvalue weighted by Crippen LogP contribution is 2.20. The second-order valence-corrected chi connectivity index (χ2v) is 14.5. The van der Waals surface area contributed by atoms with Gasteiger partial charge in [-0.25, -0.2) is 4.98 Å². The number of nitrogens with zero attached hydrogens (tertiary/aromatic N) is 6. The summed E-state index contributed by atoms with van der Waals surface area (Å²) in [4.78, 5) is 25.6. The minimum atomic E-state index is 0.153. The summed E-state index contributed by atoms with van der Waals surface area (Å²) < 4.78 is 23.4. The molecule has 0 bridgehead atoms. The van der Waals surface area contributed by atoms with E-state index >= 15 is 0 Å². The maximum absolute atomic E-state index is 11.2. The van der Waals surface area contributed by atoms with Gasteiger partial charge in [-0.2, -0.15) is 5.10 Å². The first-order chi connectivity index (χ1) is 28.9. The molecular formula is C46H81N9O5. The number of likely N-dealkylation sites (tertiary alicyclic amines) is 1. The summed E-state index contributed by atoms with van der Waals surface area (Å²) in [6.45, 7) is 30.2. The summed E-state index contributed by atoms with van der Waals surface area (Å²) in [5, 5.41) is 11.2. The molecule has 60 heavy (non-hydrogen) atoms. The highest BCUT2D eigenvalue weighted by Gasteiger charge is 2.22. The third-order valence-electron chi connectivity index (χ3n) is 9.67. The van der Waals surface area contributed by atoms with Crippen LogP contribution in [0.2, 0.25) is 0 Å². The molecule has 4 saturated heterocycles. The second kappa shape index (κ2) is 31.6. The van der Waals surface area contributed by atoms with Crippen LogP contribution in [0, 0.1) is 27.7 Å². The zero-order valence-electron chi connectivity index (χ0n) is 39.5. The van der Waals surface area contributed by atoms with E-state index < -0.39 is 0 Å². The van der Waals surface area contributed by atoms with Gasteiger partial charge in [0.05, 0.1) is 37.3 Å². The van der Waals surface area contributed by atoms with Gasteiger partial charge in [0.15, 0.2) is 0 Å². The molecule has 4 aliphatic heterocycles. The fraction of sp³-hybridized carbons (Fsp3) is 0.674. The number of nitrogens with one attached hydrogen (secondary N) is 2. The molecule has 14 heteroatoms. The van der Waals surface area contributed by atoms with E-state index in [0.717, 1.165) is 114 Å². The van der Waals surface area contributed by atoms with Gasteiger partial charge in [0.1, 0.15) is 23.5 Å². The van der Waals surface area contributed by atoms with Crippen molar-refractivity contribution in [3.05, 3.63) is 59.2 Å². The number of amides is 1. The lowest BCUT2D eigenvalue weighted by Gasteiger charge is -2.31. The lowest BCUT2D eigenvalue weighted by molar-refractivity contribution is -0.130. The first-order valence-corrected chi connectivity index (χ1v) is 22.3. The zero-order valence-corrected chi connectivity index (χ0v) is 39.5. The monoisotopic (exact) mass is 840 g/mol. The number of carbonyl (C=O) groups excluding carboxylic acids is 1. The number of anilines is 2. The van der Waals surface area contributed by atoms with Crippen molar-refractivity contribution < 1.29 is 23.7 Å². The van der Waals surface area contributed by atoms with Gasteiger partial charge in [0.25, 0.3) is 0 Å². The maximum atomic E-state index is 11.2. The van der Waals surface area contributed by atoms with Gasteiger partial charge < -0.3 is 40.2 Å². The van der Waals surface area contributed by atoms with Crippen LogP contribution in [0.1, 0.15) is 116 Å². The minimum absolute atomic E-state index is 0.153. The van der Waals surface area contributed by atoms with Crippen molar-refractivity contribution in [1.82, 2.24) is 24.6 Å². The van der Waals surface area contributed by atoms with Gasteiger partial charge in [-0.3, -0.25) is 19.5 Å². The largest absolute Gasteiger partial charge is 0.489 e. The van der Waals surface area contributed by atoms with Crippen LogP contribution in [0.5, 0.6) is 5.75 Å². The Labute approximate surface area is 362 Å². The zero-order chi connectivity index (χ0) is 44.9. The molecule has 1 amide bonds. The van der Waals surface area contributed by atoms with Gasteiger partial charge in [0.2, 0.25) is 5.91 Å². The molecule has 0 radical (unpaired) electrons. The fourth-order valence-corrected chi connectivity index (χ4v) is 6.23. The lowest BCUT2D eigenvalue weighted by atomic mass is 10.1. The smallest absolute Gasteiger partial charge is 0.219 e. The van der Waals surface area contributed by atoms with Crippen molar-refractivity contribution in [2.24, 2.45) is 17.8 Å². The first kappa shape index (κ1) is 53.7. The SMILES string of the molecule is CC.CC.CC.CC(=O)N1CCC(Oc2cncc(C)c2)CC1.CC(N)=NC1CCOC1.Cc1cc(NC2CCOCC2)nn1C.Cc1cnc(NC2CCOC2)cc1C. The van der Waals surface area contributed by atoms with Crippen LogP contribution < -0.4 is 21.1 Å². The van der Waals surface area contributed by atoms with Gasteiger partial charge in [0, 0.05) is 96.5 Å². The van der Waals surface area contributed by atoms with Crippen molar-refractivity contribution in [2.45, 2.75) is 146 Å². The van der Waals surface area contributed by atoms with Crippen molar-refractivity contribution in [2.75, 3.05) is 63.4 Å². The van der Waals surface area contributed by atoms with Crippen LogP contribution in [-0.4, -0.2) is 113 Å². The van der Waals surface area contributed by atoms with Crippen LogP contribution in [0.15, 0.2) is 41.8 Å². The van der Waals surface area contributed by atoms with Crippen molar-refractivity contribution in [3.63, 3.8) is 0 Å². The highest BCUT2D eigenvalue weighted by molar-refractivity contribution is 5.77. The Bertz CT molecular complexity index is 1570. The summed E-state index contributed by atoms with van der Waals surface area (Å²) >= 11 is 0.